The second-order valence-corrected chi connectivity index (χ2v) is 6.74. The van der Waals surface area contributed by atoms with E-state index in [1.54, 1.807) is 11.9 Å². The zero-order valence-corrected chi connectivity index (χ0v) is 14.5. The topological polar surface area (TPSA) is 28.5 Å². The third kappa shape index (κ3) is 2.28. The van der Waals surface area contributed by atoms with Crippen LogP contribution in [0.4, 0.5) is 0 Å². The van der Waals surface area contributed by atoms with Gasteiger partial charge in [0.15, 0.2) is 5.11 Å². The maximum Gasteiger partial charge on any atom is 0.276 e. The van der Waals surface area contributed by atoms with Gasteiger partial charge in [0.05, 0.1) is 0 Å². The zero-order chi connectivity index (χ0) is 16.0. The molecule has 2 aliphatic rings. The Labute approximate surface area is 137 Å². The fraction of sp³-hybridized carbons (Fsp3) is 0.529. The molecule has 1 saturated carbocycles. The van der Waals surface area contributed by atoms with Crippen molar-refractivity contribution in [1.82, 2.24) is 14.4 Å². The van der Waals surface area contributed by atoms with E-state index in [0.717, 1.165) is 5.56 Å². The monoisotopic (exact) mass is 317 g/mol. The molecule has 0 radical (unpaired) electrons. The van der Waals surface area contributed by atoms with Crippen LogP contribution in [0.15, 0.2) is 11.8 Å². The van der Waals surface area contributed by atoms with Crippen molar-refractivity contribution in [3.05, 3.63) is 28.7 Å². The summed E-state index contributed by atoms with van der Waals surface area (Å²) in [5, 5.41) is 0.556. The van der Waals surface area contributed by atoms with Crippen molar-refractivity contribution in [1.29, 1.82) is 0 Å². The molecule has 1 saturated heterocycles. The van der Waals surface area contributed by atoms with Gasteiger partial charge in [-0.05, 0) is 56.6 Å². The summed E-state index contributed by atoms with van der Waals surface area (Å²) in [5.74, 6) is -0.0295. The van der Waals surface area contributed by atoms with E-state index in [2.05, 4.69) is 24.5 Å². The number of hydrogen-bond donors (Lipinski definition) is 0. The summed E-state index contributed by atoms with van der Waals surface area (Å²) in [5.41, 5.74) is 4.30. The van der Waals surface area contributed by atoms with E-state index in [-0.39, 0.29) is 5.91 Å². The molecule has 0 N–H and O–H groups in total. The lowest BCUT2D eigenvalue weighted by molar-refractivity contribution is -0.121. The van der Waals surface area contributed by atoms with E-state index in [1.165, 1.54) is 42.0 Å². The van der Waals surface area contributed by atoms with Crippen LogP contribution >= 0.6 is 12.2 Å². The molecule has 4 nitrogen and oxygen atoms in total. The summed E-state index contributed by atoms with van der Waals surface area (Å²) in [4.78, 5) is 15.6. The maximum atomic E-state index is 12.3. The van der Waals surface area contributed by atoms with Crippen LogP contribution in [0.3, 0.4) is 0 Å². The zero-order valence-electron chi connectivity index (χ0n) is 13.7. The molecular formula is C17H23N3OS. The van der Waals surface area contributed by atoms with Crippen LogP contribution in [-0.2, 0) is 4.79 Å². The Balaban J connectivity index is 2.00. The lowest BCUT2D eigenvalue weighted by atomic mass is 10.2. The summed E-state index contributed by atoms with van der Waals surface area (Å²) in [6.07, 6.45) is 7.14. The Morgan fingerprint density at radius 1 is 1.18 bits per heavy atom. The number of likely N-dealkylation sites (N-methyl/N-ethyl adjacent to an activating group) is 2. The number of nitrogens with zero attached hydrogens (tertiary/aromatic N) is 3. The molecule has 1 aliphatic heterocycles. The van der Waals surface area contributed by atoms with Crippen LogP contribution in [0.2, 0.25) is 0 Å². The highest BCUT2D eigenvalue weighted by molar-refractivity contribution is 7.80. The summed E-state index contributed by atoms with van der Waals surface area (Å²) < 4.78 is 2.45. The highest BCUT2D eigenvalue weighted by atomic mass is 32.1. The normalized spacial score (nSPS) is 21.7. The minimum absolute atomic E-state index is 0.0295. The summed E-state index contributed by atoms with van der Waals surface area (Å²) in [6, 6.07) is 2.80. The molecule has 1 amide bonds. The molecule has 3 rings (SSSR count). The third-order valence-electron chi connectivity index (χ3n) is 4.96. The second kappa shape index (κ2) is 5.54. The van der Waals surface area contributed by atoms with Crippen LogP contribution in [-0.4, -0.2) is 39.5 Å². The Bertz CT molecular complexity index is 668. The average Bonchev–Trinajstić information content (AvgIpc) is 3.14. The molecule has 1 aromatic heterocycles. The number of hydrogen-bond acceptors (Lipinski definition) is 2. The average molecular weight is 317 g/mol. The summed E-state index contributed by atoms with van der Waals surface area (Å²) >= 11 is 5.27. The van der Waals surface area contributed by atoms with Crippen LogP contribution < -0.4 is 0 Å². The number of thiocarbonyl (C=S) groups is 1. The first-order valence-corrected chi connectivity index (χ1v) is 8.28. The van der Waals surface area contributed by atoms with Gasteiger partial charge >= 0.3 is 0 Å². The first kappa shape index (κ1) is 15.3. The molecule has 0 unspecified atom stereocenters. The molecule has 5 heteroatoms. The standard InChI is InChI=1S/C17H23N3OS/c1-11-9-13(12(2)20(11)14-7-5-6-8-14)10-15-16(21)19(4)17(22)18(15)3/h9-10,14H,5-8H2,1-4H3/b15-10-. The van der Waals surface area contributed by atoms with Crippen LogP contribution in [0.25, 0.3) is 6.08 Å². The molecule has 0 bridgehead atoms. The predicted molar refractivity (Wildman–Crippen MR) is 92.5 cm³/mol. The lowest BCUT2D eigenvalue weighted by Gasteiger charge is -2.17. The lowest BCUT2D eigenvalue weighted by Crippen LogP contribution is -2.26. The molecule has 0 atom stereocenters. The van der Waals surface area contributed by atoms with E-state index in [0.29, 0.717) is 16.9 Å². The number of aromatic nitrogens is 1. The fourth-order valence-corrected chi connectivity index (χ4v) is 3.89. The van der Waals surface area contributed by atoms with Crippen molar-refractivity contribution in [3.8, 4) is 0 Å². The Morgan fingerprint density at radius 2 is 1.82 bits per heavy atom. The SMILES string of the molecule is Cc1cc(/C=C2/C(=O)N(C)C(=S)N2C)c(C)n1C1CCCC1. The van der Waals surface area contributed by atoms with E-state index in [4.69, 9.17) is 12.2 Å². The molecule has 118 valence electrons. The van der Waals surface area contributed by atoms with Crippen LogP contribution in [0.1, 0.15) is 48.7 Å². The molecule has 22 heavy (non-hydrogen) atoms. The van der Waals surface area contributed by atoms with Gasteiger partial charge in [0.25, 0.3) is 5.91 Å². The van der Waals surface area contributed by atoms with Crippen molar-refractivity contribution in [2.24, 2.45) is 0 Å². The Morgan fingerprint density at radius 3 is 2.36 bits per heavy atom. The van der Waals surface area contributed by atoms with Crippen LogP contribution in [0, 0.1) is 13.8 Å². The van der Waals surface area contributed by atoms with Gasteiger partial charge in [0.1, 0.15) is 5.70 Å². The molecule has 1 aromatic rings. The molecule has 0 spiro atoms. The van der Waals surface area contributed by atoms with Crippen molar-refractivity contribution in [2.45, 2.75) is 45.6 Å². The van der Waals surface area contributed by atoms with E-state index < -0.39 is 0 Å². The van der Waals surface area contributed by atoms with Crippen molar-refractivity contribution >= 4 is 29.3 Å². The van der Waals surface area contributed by atoms with Crippen LogP contribution in [0.5, 0.6) is 0 Å². The summed E-state index contributed by atoms with van der Waals surface area (Å²) in [7, 11) is 3.58. The second-order valence-electron chi connectivity index (χ2n) is 6.37. The number of rotatable bonds is 2. The minimum atomic E-state index is -0.0295. The van der Waals surface area contributed by atoms with E-state index >= 15 is 0 Å². The maximum absolute atomic E-state index is 12.3. The van der Waals surface area contributed by atoms with Crippen molar-refractivity contribution in [3.63, 3.8) is 0 Å². The van der Waals surface area contributed by atoms with Gasteiger partial charge in [-0.1, -0.05) is 12.8 Å². The highest BCUT2D eigenvalue weighted by Crippen LogP contribution is 2.34. The van der Waals surface area contributed by atoms with Gasteiger partial charge in [-0.15, -0.1) is 0 Å². The van der Waals surface area contributed by atoms with Crippen molar-refractivity contribution in [2.75, 3.05) is 14.1 Å². The first-order chi connectivity index (χ1) is 10.4. The summed E-state index contributed by atoms with van der Waals surface area (Å²) in [6.45, 7) is 4.31. The number of amides is 1. The number of aryl methyl sites for hydroxylation is 1. The molecule has 2 heterocycles. The smallest absolute Gasteiger partial charge is 0.276 e. The Hall–Kier alpha value is -1.62. The molecule has 2 fully saturated rings. The minimum Gasteiger partial charge on any atom is -0.346 e. The highest BCUT2D eigenvalue weighted by Gasteiger charge is 2.33. The molecular weight excluding hydrogens is 294 g/mol. The quantitative estimate of drug-likeness (QED) is 0.619. The third-order valence-corrected chi connectivity index (χ3v) is 5.51. The fourth-order valence-electron chi connectivity index (χ4n) is 3.71. The number of carbonyl (C=O) groups excluding carboxylic acids is 1. The Kier molecular flexibility index (Phi) is 3.85. The van der Waals surface area contributed by atoms with Gasteiger partial charge in [0, 0.05) is 31.5 Å². The van der Waals surface area contributed by atoms with Gasteiger partial charge in [-0.2, -0.15) is 0 Å². The van der Waals surface area contributed by atoms with Gasteiger partial charge in [-0.25, -0.2) is 0 Å². The predicted octanol–water partition coefficient (Wildman–Crippen LogP) is 3.25. The molecule has 0 aromatic carbocycles. The molecule has 1 aliphatic carbocycles. The van der Waals surface area contributed by atoms with Crippen molar-refractivity contribution < 1.29 is 4.79 Å². The van der Waals surface area contributed by atoms with E-state index in [1.807, 2.05) is 13.1 Å². The van der Waals surface area contributed by atoms with Gasteiger partial charge in [0.2, 0.25) is 0 Å². The largest absolute Gasteiger partial charge is 0.346 e. The van der Waals surface area contributed by atoms with Gasteiger partial charge in [-0.3, -0.25) is 9.69 Å². The number of carbonyl (C=O) groups is 1. The first-order valence-electron chi connectivity index (χ1n) is 7.87. The van der Waals surface area contributed by atoms with Gasteiger partial charge < -0.3 is 9.47 Å². The van der Waals surface area contributed by atoms with E-state index in [9.17, 15) is 4.79 Å².